The fourth-order valence-electron chi connectivity index (χ4n) is 3.77. The van der Waals surface area contributed by atoms with Crippen LogP contribution in [-0.4, -0.2) is 27.9 Å². The van der Waals surface area contributed by atoms with Gasteiger partial charge in [0.1, 0.15) is 12.4 Å². The van der Waals surface area contributed by atoms with E-state index in [1.165, 1.54) is 0 Å². The molecule has 0 saturated carbocycles. The lowest BCUT2D eigenvalue weighted by Gasteiger charge is -2.11. The van der Waals surface area contributed by atoms with Gasteiger partial charge in [-0.1, -0.05) is 52.3 Å². The summed E-state index contributed by atoms with van der Waals surface area (Å²) in [5, 5.41) is 5.93. The molecule has 1 heterocycles. The van der Waals surface area contributed by atoms with Gasteiger partial charge in [-0.2, -0.15) is 0 Å². The van der Waals surface area contributed by atoms with E-state index in [2.05, 4.69) is 26.6 Å². The number of rotatable bonds is 8. The molecule has 0 atom stereocenters. The molecule has 0 spiro atoms. The molecule has 4 rings (SSSR count). The van der Waals surface area contributed by atoms with Gasteiger partial charge in [-0.25, -0.2) is 4.98 Å². The van der Waals surface area contributed by atoms with Gasteiger partial charge in [0.2, 0.25) is 5.91 Å². The van der Waals surface area contributed by atoms with Crippen molar-refractivity contribution in [3.63, 3.8) is 0 Å². The molecule has 0 fully saturated rings. The molecule has 4 aromatic rings. The van der Waals surface area contributed by atoms with Crippen molar-refractivity contribution in [2.75, 3.05) is 11.9 Å². The lowest BCUT2D eigenvalue weighted by Crippen LogP contribution is -2.26. The first-order valence-corrected chi connectivity index (χ1v) is 11.6. The Labute approximate surface area is 201 Å². The van der Waals surface area contributed by atoms with Gasteiger partial charge in [0.15, 0.2) is 0 Å². The molecule has 2 N–H and O–H groups in total. The van der Waals surface area contributed by atoms with E-state index < -0.39 is 0 Å². The predicted molar refractivity (Wildman–Crippen MR) is 134 cm³/mol. The topological polar surface area (TPSA) is 76.0 Å². The maximum atomic E-state index is 12.8. The quantitative estimate of drug-likeness (QED) is 0.327. The SMILES string of the molecule is Cc1ccccc1C(=O)NCCCc1nc2ccccc2n1CC(=O)Nc1cccc(Br)c1. The number of imidazole rings is 1. The first-order chi connectivity index (χ1) is 16.0. The number of aromatic nitrogens is 2. The average molecular weight is 505 g/mol. The number of nitrogens with zero attached hydrogens (tertiary/aromatic N) is 2. The molecule has 33 heavy (non-hydrogen) atoms. The monoisotopic (exact) mass is 504 g/mol. The number of nitrogens with one attached hydrogen (secondary N) is 2. The Morgan fingerprint density at radius 3 is 2.61 bits per heavy atom. The zero-order valence-electron chi connectivity index (χ0n) is 18.3. The molecular formula is C26H25BrN4O2. The van der Waals surface area contributed by atoms with Gasteiger partial charge < -0.3 is 15.2 Å². The highest BCUT2D eigenvalue weighted by Gasteiger charge is 2.14. The van der Waals surface area contributed by atoms with Crippen molar-refractivity contribution >= 4 is 44.5 Å². The van der Waals surface area contributed by atoms with Crippen molar-refractivity contribution in [2.24, 2.45) is 0 Å². The molecular weight excluding hydrogens is 480 g/mol. The third-order valence-corrected chi connectivity index (χ3v) is 5.89. The van der Waals surface area contributed by atoms with Gasteiger partial charge in [0, 0.05) is 28.7 Å². The number of carbonyl (C=O) groups excluding carboxylic acids is 2. The summed E-state index contributed by atoms with van der Waals surface area (Å²) in [6.07, 6.45) is 1.36. The number of hydrogen-bond donors (Lipinski definition) is 2. The van der Waals surface area contributed by atoms with E-state index in [1.54, 1.807) is 0 Å². The Morgan fingerprint density at radius 2 is 1.79 bits per heavy atom. The number of benzene rings is 3. The van der Waals surface area contributed by atoms with E-state index in [0.717, 1.165) is 32.6 Å². The van der Waals surface area contributed by atoms with Crippen molar-refractivity contribution in [2.45, 2.75) is 26.3 Å². The fraction of sp³-hybridized carbons (Fsp3) is 0.192. The van der Waals surface area contributed by atoms with E-state index in [9.17, 15) is 9.59 Å². The highest BCUT2D eigenvalue weighted by molar-refractivity contribution is 9.10. The van der Waals surface area contributed by atoms with Crippen LogP contribution in [0.15, 0.2) is 77.3 Å². The van der Waals surface area contributed by atoms with Crippen molar-refractivity contribution in [1.29, 1.82) is 0 Å². The van der Waals surface area contributed by atoms with Crippen molar-refractivity contribution in [3.8, 4) is 0 Å². The van der Waals surface area contributed by atoms with Gasteiger partial charge in [0.25, 0.3) is 5.91 Å². The van der Waals surface area contributed by atoms with E-state index in [0.29, 0.717) is 24.9 Å². The Morgan fingerprint density at radius 1 is 1.00 bits per heavy atom. The van der Waals surface area contributed by atoms with Crippen molar-refractivity contribution in [1.82, 2.24) is 14.9 Å². The molecule has 2 amide bonds. The first-order valence-electron chi connectivity index (χ1n) is 10.8. The van der Waals surface area contributed by atoms with Crippen LogP contribution in [0.2, 0.25) is 0 Å². The summed E-state index contributed by atoms with van der Waals surface area (Å²) in [6, 6.07) is 22.8. The summed E-state index contributed by atoms with van der Waals surface area (Å²) in [6.45, 7) is 2.62. The van der Waals surface area contributed by atoms with Gasteiger partial charge in [-0.3, -0.25) is 9.59 Å². The molecule has 0 saturated heterocycles. The van der Waals surface area contributed by atoms with Crippen molar-refractivity contribution < 1.29 is 9.59 Å². The number of carbonyl (C=O) groups is 2. The van der Waals surface area contributed by atoms with Crippen LogP contribution in [0.1, 0.15) is 28.2 Å². The Kier molecular flexibility index (Phi) is 7.19. The Hall–Kier alpha value is -3.45. The molecule has 0 unspecified atom stereocenters. The molecule has 1 aromatic heterocycles. The van der Waals surface area contributed by atoms with Gasteiger partial charge in [-0.05, 0) is 55.3 Å². The smallest absolute Gasteiger partial charge is 0.251 e. The normalized spacial score (nSPS) is 10.8. The van der Waals surface area contributed by atoms with Crippen LogP contribution in [-0.2, 0) is 17.8 Å². The Bertz CT molecular complexity index is 1300. The van der Waals surface area contributed by atoms with Crippen molar-refractivity contribution in [3.05, 3.63) is 94.2 Å². The number of para-hydroxylation sites is 2. The summed E-state index contributed by atoms with van der Waals surface area (Å²) < 4.78 is 2.85. The number of fused-ring (bicyclic) bond motifs is 1. The van der Waals surface area contributed by atoms with E-state index in [4.69, 9.17) is 4.98 Å². The molecule has 0 aliphatic carbocycles. The average Bonchev–Trinajstić information content (AvgIpc) is 3.14. The summed E-state index contributed by atoms with van der Waals surface area (Å²) in [4.78, 5) is 29.9. The molecule has 3 aromatic carbocycles. The number of amides is 2. The summed E-state index contributed by atoms with van der Waals surface area (Å²) in [5.41, 5.74) is 4.15. The minimum Gasteiger partial charge on any atom is -0.352 e. The van der Waals surface area contributed by atoms with Crippen LogP contribution in [0.3, 0.4) is 0 Å². The van der Waals surface area contributed by atoms with Crippen LogP contribution in [0, 0.1) is 6.92 Å². The molecule has 0 radical (unpaired) electrons. The second-order valence-electron chi connectivity index (χ2n) is 7.84. The lowest BCUT2D eigenvalue weighted by molar-refractivity contribution is -0.116. The largest absolute Gasteiger partial charge is 0.352 e. The van der Waals surface area contributed by atoms with Crippen LogP contribution in [0.25, 0.3) is 11.0 Å². The van der Waals surface area contributed by atoms with E-state index in [1.807, 2.05) is 84.3 Å². The van der Waals surface area contributed by atoms with Gasteiger partial charge >= 0.3 is 0 Å². The van der Waals surface area contributed by atoms with Crippen LogP contribution >= 0.6 is 15.9 Å². The minimum absolute atomic E-state index is 0.0741. The zero-order chi connectivity index (χ0) is 23.2. The highest BCUT2D eigenvalue weighted by atomic mass is 79.9. The number of anilines is 1. The lowest BCUT2D eigenvalue weighted by atomic mass is 10.1. The Balaban J connectivity index is 1.42. The third kappa shape index (κ3) is 5.68. The summed E-state index contributed by atoms with van der Waals surface area (Å²) >= 11 is 3.42. The van der Waals surface area contributed by atoms with E-state index >= 15 is 0 Å². The van der Waals surface area contributed by atoms with Crippen LogP contribution in [0.5, 0.6) is 0 Å². The molecule has 0 bridgehead atoms. The van der Waals surface area contributed by atoms with Gasteiger partial charge in [0.05, 0.1) is 11.0 Å². The number of hydrogen-bond acceptors (Lipinski definition) is 3. The molecule has 6 nitrogen and oxygen atoms in total. The van der Waals surface area contributed by atoms with Gasteiger partial charge in [-0.15, -0.1) is 0 Å². The first kappa shape index (κ1) is 22.7. The second kappa shape index (κ2) is 10.4. The molecule has 0 aliphatic heterocycles. The van der Waals surface area contributed by atoms with Crippen LogP contribution < -0.4 is 10.6 Å². The second-order valence-corrected chi connectivity index (χ2v) is 8.75. The number of aryl methyl sites for hydroxylation is 2. The molecule has 0 aliphatic rings. The number of halogens is 1. The summed E-state index contributed by atoms with van der Waals surface area (Å²) in [7, 11) is 0. The van der Waals surface area contributed by atoms with Crippen LogP contribution in [0.4, 0.5) is 5.69 Å². The third-order valence-electron chi connectivity index (χ3n) is 5.40. The maximum absolute atomic E-state index is 12.8. The minimum atomic E-state index is -0.120. The van der Waals surface area contributed by atoms with E-state index in [-0.39, 0.29) is 18.4 Å². The zero-order valence-corrected chi connectivity index (χ0v) is 19.9. The summed E-state index contributed by atoms with van der Waals surface area (Å²) in [5.74, 6) is 0.631. The standard InChI is InChI=1S/C26H25BrN4O2/c1-18-8-2-3-11-21(18)26(33)28-15-7-14-24-30-22-12-4-5-13-23(22)31(24)17-25(32)29-20-10-6-9-19(27)16-20/h2-6,8-13,16H,7,14-15,17H2,1H3,(H,28,33)(H,29,32). The maximum Gasteiger partial charge on any atom is 0.251 e. The predicted octanol–water partition coefficient (Wildman–Crippen LogP) is 5.11. The molecule has 7 heteroatoms. The fourth-order valence-corrected chi connectivity index (χ4v) is 4.17. The molecule has 168 valence electrons. The highest BCUT2D eigenvalue weighted by Crippen LogP contribution is 2.19.